The van der Waals surface area contributed by atoms with Gasteiger partial charge in [0.1, 0.15) is 5.75 Å². The Balaban J connectivity index is 1.67. The molecule has 6 nitrogen and oxygen atoms in total. The molecule has 0 radical (unpaired) electrons. The summed E-state index contributed by atoms with van der Waals surface area (Å²) in [4.78, 5) is 37.7. The SMILES string of the molecule is COc1cccc(NC(=O)[C@@H](OC(=O)CCC(=O)c2ccc(Cl)cc2)c2ccccc2)c1. The van der Waals surface area contributed by atoms with E-state index in [1.165, 1.54) is 7.11 Å². The molecule has 0 unspecified atom stereocenters. The van der Waals surface area contributed by atoms with Gasteiger partial charge in [0, 0.05) is 34.3 Å². The Labute approximate surface area is 191 Å². The van der Waals surface area contributed by atoms with Crippen LogP contribution in [0.1, 0.15) is 34.9 Å². The summed E-state index contributed by atoms with van der Waals surface area (Å²) in [5, 5.41) is 3.26. The molecule has 0 spiro atoms. The van der Waals surface area contributed by atoms with E-state index in [1.54, 1.807) is 78.9 Å². The summed E-state index contributed by atoms with van der Waals surface area (Å²) in [5.41, 5.74) is 1.48. The lowest BCUT2D eigenvalue weighted by molar-refractivity contribution is -0.154. The van der Waals surface area contributed by atoms with Gasteiger partial charge in [-0.2, -0.15) is 0 Å². The molecule has 0 aliphatic rings. The smallest absolute Gasteiger partial charge is 0.307 e. The highest BCUT2D eigenvalue weighted by molar-refractivity contribution is 6.30. The molecule has 164 valence electrons. The highest BCUT2D eigenvalue weighted by Crippen LogP contribution is 2.23. The molecule has 3 rings (SSSR count). The van der Waals surface area contributed by atoms with Crippen LogP contribution in [-0.4, -0.2) is 24.8 Å². The number of hydrogen-bond acceptors (Lipinski definition) is 5. The Morgan fingerprint density at radius 3 is 2.31 bits per heavy atom. The van der Waals surface area contributed by atoms with Gasteiger partial charge in [-0.1, -0.05) is 48.0 Å². The van der Waals surface area contributed by atoms with Gasteiger partial charge in [-0.25, -0.2) is 0 Å². The third-order valence-corrected chi connectivity index (χ3v) is 4.90. The Hall–Kier alpha value is -3.64. The molecule has 0 fully saturated rings. The van der Waals surface area contributed by atoms with Crippen LogP contribution in [0.3, 0.4) is 0 Å². The van der Waals surface area contributed by atoms with Gasteiger partial charge in [-0.05, 0) is 36.4 Å². The second kappa shape index (κ2) is 11.1. The minimum Gasteiger partial charge on any atom is -0.497 e. The van der Waals surface area contributed by atoms with Crippen LogP contribution in [-0.2, 0) is 14.3 Å². The fourth-order valence-electron chi connectivity index (χ4n) is 3.00. The number of Topliss-reactive ketones (excluding diaryl/α,β-unsaturated/α-hetero) is 1. The van der Waals surface area contributed by atoms with Crippen molar-refractivity contribution in [2.24, 2.45) is 0 Å². The van der Waals surface area contributed by atoms with Crippen LogP contribution in [0.2, 0.25) is 5.02 Å². The van der Waals surface area contributed by atoms with E-state index in [2.05, 4.69) is 5.32 Å². The zero-order valence-corrected chi connectivity index (χ0v) is 18.2. The number of amides is 1. The molecule has 0 aliphatic heterocycles. The van der Waals surface area contributed by atoms with Crippen LogP contribution >= 0.6 is 11.6 Å². The molecule has 0 aliphatic carbocycles. The van der Waals surface area contributed by atoms with Crippen molar-refractivity contribution in [3.8, 4) is 5.75 Å². The number of nitrogens with one attached hydrogen (secondary N) is 1. The number of carbonyl (C=O) groups is 3. The average molecular weight is 452 g/mol. The van der Waals surface area contributed by atoms with Crippen LogP contribution in [0.5, 0.6) is 5.75 Å². The van der Waals surface area contributed by atoms with Gasteiger partial charge < -0.3 is 14.8 Å². The summed E-state index contributed by atoms with van der Waals surface area (Å²) in [6.45, 7) is 0. The zero-order valence-electron chi connectivity index (χ0n) is 17.4. The number of hydrogen-bond donors (Lipinski definition) is 1. The number of carbonyl (C=O) groups excluding carboxylic acids is 3. The van der Waals surface area contributed by atoms with Crippen molar-refractivity contribution in [3.63, 3.8) is 0 Å². The molecule has 3 aromatic carbocycles. The van der Waals surface area contributed by atoms with Crippen LogP contribution in [0.4, 0.5) is 5.69 Å². The predicted molar refractivity (Wildman–Crippen MR) is 122 cm³/mol. The molecule has 1 N–H and O–H groups in total. The molecular weight excluding hydrogens is 430 g/mol. The first kappa shape index (κ1) is 23.0. The largest absolute Gasteiger partial charge is 0.497 e. The van der Waals surface area contributed by atoms with E-state index in [4.69, 9.17) is 21.1 Å². The lowest BCUT2D eigenvalue weighted by Crippen LogP contribution is -2.26. The topological polar surface area (TPSA) is 81.7 Å². The molecule has 7 heteroatoms. The van der Waals surface area contributed by atoms with Crippen molar-refractivity contribution < 1.29 is 23.9 Å². The van der Waals surface area contributed by atoms with Gasteiger partial charge in [0.15, 0.2) is 5.78 Å². The number of benzene rings is 3. The standard InChI is InChI=1S/C25H22ClNO5/c1-31-21-9-5-8-20(16-21)27-25(30)24(18-6-3-2-4-7-18)32-23(29)15-14-22(28)17-10-12-19(26)13-11-17/h2-13,16,24H,14-15H2,1H3,(H,27,30)/t24-/m0/s1. The maximum Gasteiger partial charge on any atom is 0.307 e. The first-order valence-corrected chi connectivity index (χ1v) is 10.3. The molecule has 3 aromatic rings. The van der Waals surface area contributed by atoms with Crippen LogP contribution in [0, 0.1) is 0 Å². The molecular formula is C25H22ClNO5. The van der Waals surface area contributed by atoms with E-state index in [-0.39, 0.29) is 18.6 Å². The summed E-state index contributed by atoms with van der Waals surface area (Å²) in [5.74, 6) is -0.795. The minimum atomic E-state index is -1.17. The Bertz CT molecular complexity index is 1080. The van der Waals surface area contributed by atoms with Gasteiger partial charge in [0.25, 0.3) is 5.91 Å². The van der Waals surface area contributed by atoms with Crippen molar-refractivity contribution in [2.45, 2.75) is 18.9 Å². The minimum absolute atomic E-state index is 0.0422. The van der Waals surface area contributed by atoms with Crippen molar-refractivity contribution >= 4 is 34.9 Å². The summed E-state index contributed by atoms with van der Waals surface area (Å²) in [6.07, 6.45) is -1.36. The second-order valence-corrected chi connectivity index (χ2v) is 7.37. The zero-order chi connectivity index (χ0) is 22.9. The summed E-state index contributed by atoms with van der Waals surface area (Å²) < 4.78 is 10.6. The number of anilines is 1. The third kappa shape index (κ3) is 6.43. The summed E-state index contributed by atoms with van der Waals surface area (Å²) in [6, 6.07) is 22.0. The Morgan fingerprint density at radius 1 is 0.906 bits per heavy atom. The quantitative estimate of drug-likeness (QED) is 0.355. The number of ketones is 1. The average Bonchev–Trinajstić information content (AvgIpc) is 2.82. The van der Waals surface area contributed by atoms with E-state index in [9.17, 15) is 14.4 Å². The van der Waals surface area contributed by atoms with Crippen molar-refractivity contribution in [2.75, 3.05) is 12.4 Å². The number of methoxy groups -OCH3 is 1. The van der Waals surface area contributed by atoms with Gasteiger partial charge in [-0.3, -0.25) is 14.4 Å². The monoisotopic (exact) mass is 451 g/mol. The predicted octanol–water partition coefficient (Wildman–Crippen LogP) is 5.23. The van der Waals surface area contributed by atoms with Crippen LogP contribution in [0.25, 0.3) is 0 Å². The Morgan fingerprint density at radius 2 is 1.62 bits per heavy atom. The fraction of sp³-hybridized carbons (Fsp3) is 0.160. The van der Waals surface area contributed by atoms with Gasteiger partial charge in [0.2, 0.25) is 6.10 Å². The summed E-state index contributed by atoms with van der Waals surface area (Å²) >= 11 is 5.83. The molecule has 0 saturated heterocycles. The van der Waals surface area contributed by atoms with E-state index in [1.807, 2.05) is 0 Å². The second-order valence-electron chi connectivity index (χ2n) is 6.93. The van der Waals surface area contributed by atoms with E-state index >= 15 is 0 Å². The van der Waals surface area contributed by atoms with E-state index in [0.717, 1.165) is 0 Å². The first-order valence-electron chi connectivity index (χ1n) is 9.94. The Kier molecular flexibility index (Phi) is 8.00. The fourth-order valence-corrected chi connectivity index (χ4v) is 3.12. The molecule has 0 saturated carbocycles. The maximum atomic E-state index is 12.9. The van der Waals surface area contributed by atoms with Crippen LogP contribution in [0.15, 0.2) is 78.9 Å². The van der Waals surface area contributed by atoms with Gasteiger partial charge >= 0.3 is 5.97 Å². The molecule has 0 bridgehead atoms. The number of esters is 1. The van der Waals surface area contributed by atoms with Crippen LogP contribution < -0.4 is 10.1 Å². The molecule has 32 heavy (non-hydrogen) atoms. The van der Waals surface area contributed by atoms with E-state index in [0.29, 0.717) is 27.6 Å². The number of halogens is 1. The number of ether oxygens (including phenoxy) is 2. The molecule has 1 amide bonds. The molecule has 1 atom stereocenters. The number of rotatable bonds is 9. The third-order valence-electron chi connectivity index (χ3n) is 4.65. The molecule has 0 heterocycles. The maximum absolute atomic E-state index is 12.9. The molecule has 0 aromatic heterocycles. The lowest BCUT2D eigenvalue weighted by atomic mass is 10.1. The lowest BCUT2D eigenvalue weighted by Gasteiger charge is -2.18. The summed E-state index contributed by atoms with van der Waals surface area (Å²) in [7, 11) is 1.53. The van der Waals surface area contributed by atoms with Gasteiger partial charge in [-0.15, -0.1) is 0 Å². The first-order chi connectivity index (χ1) is 15.5. The highest BCUT2D eigenvalue weighted by Gasteiger charge is 2.25. The van der Waals surface area contributed by atoms with Gasteiger partial charge in [0.05, 0.1) is 13.5 Å². The van der Waals surface area contributed by atoms with Crippen molar-refractivity contribution in [3.05, 3.63) is 95.0 Å². The van der Waals surface area contributed by atoms with Crippen molar-refractivity contribution in [1.82, 2.24) is 0 Å². The van der Waals surface area contributed by atoms with Crippen molar-refractivity contribution in [1.29, 1.82) is 0 Å². The van der Waals surface area contributed by atoms with E-state index < -0.39 is 18.0 Å². The highest BCUT2D eigenvalue weighted by atomic mass is 35.5. The normalized spacial score (nSPS) is 11.3.